The lowest BCUT2D eigenvalue weighted by Gasteiger charge is -2.15. The van der Waals surface area contributed by atoms with E-state index in [-0.39, 0.29) is 5.91 Å². The summed E-state index contributed by atoms with van der Waals surface area (Å²) in [5, 5.41) is 4.12. The van der Waals surface area contributed by atoms with Crippen molar-refractivity contribution in [2.75, 3.05) is 13.1 Å². The van der Waals surface area contributed by atoms with Gasteiger partial charge in [-0.25, -0.2) is 4.98 Å². The van der Waals surface area contributed by atoms with E-state index >= 15 is 0 Å². The van der Waals surface area contributed by atoms with Crippen molar-refractivity contribution in [1.82, 2.24) is 24.6 Å². The highest BCUT2D eigenvalue weighted by atomic mass is 79.9. The number of fused-ring (bicyclic) bond motifs is 1. The number of rotatable bonds is 5. The molecule has 1 fully saturated rings. The van der Waals surface area contributed by atoms with E-state index in [0.29, 0.717) is 24.7 Å². The summed E-state index contributed by atoms with van der Waals surface area (Å²) in [5.74, 6) is 1.22. The minimum Gasteiger partial charge on any atom is -0.343 e. The van der Waals surface area contributed by atoms with Crippen LogP contribution in [0.15, 0.2) is 57.8 Å². The van der Waals surface area contributed by atoms with E-state index in [1.807, 2.05) is 51.9 Å². The Morgan fingerprint density at radius 2 is 1.83 bits per heavy atom. The van der Waals surface area contributed by atoms with Gasteiger partial charge >= 0.3 is 0 Å². The molecule has 8 heteroatoms. The average Bonchev–Trinajstić information content (AvgIpc) is 3.53. The number of benzene rings is 2. The molecule has 0 N–H and O–H groups in total. The van der Waals surface area contributed by atoms with E-state index in [4.69, 9.17) is 4.52 Å². The largest absolute Gasteiger partial charge is 0.343 e. The fourth-order valence-corrected chi connectivity index (χ4v) is 4.04. The molecule has 1 amide bonds. The molecule has 0 unspecified atom stereocenters. The zero-order valence-electron chi connectivity index (χ0n) is 16.3. The molecule has 0 aliphatic carbocycles. The normalized spacial score (nSPS) is 14.0. The first-order chi connectivity index (χ1) is 14.7. The molecule has 3 heterocycles. The summed E-state index contributed by atoms with van der Waals surface area (Å²) < 4.78 is 8.45. The first-order valence-corrected chi connectivity index (χ1v) is 10.8. The maximum absolute atomic E-state index is 12.3. The first kappa shape index (κ1) is 19.0. The van der Waals surface area contributed by atoms with Crippen molar-refractivity contribution in [3.8, 4) is 22.8 Å². The minimum atomic E-state index is 0.221. The van der Waals surface area contributed by atoms with Crippen LogP contribution in [-0.2, 0) is 11.3 Å². The Morgan fingerprint density at radius 1 is 1.07 bits per heavy atom. The summed E-state index contributed by atoms with van der Waals surface area (Å²) in [6.07, 6.45) is 4.51. The summed E-state index contributed by atoms with van der Waals surface area (Å²) in [7, 11) is 0. The maximum atomic E-state index is 12.3. The van der Waals surface area contributed by atoms with Crippen molar-refractivity contribution in [2.24, 2.45) is 0 Å². The molecule has 1 saturated heterocycles. The van der Waals surface area contributed by atoms with Crippen molar-refractivity contribution >= 4 is 32.9 Å². The van der Waals surface area contributed by atoms with Crippen LogP contribution in [0.4, 0.5) is 0 Å². The molecule has 1 aliphatic heterocycles. The van der Waals surface area contributed by atoms with Gasteiger partial charge in [0.05, 0.1) is 17.4 Å². The van der Waals surface area contributed by atoms with Gasteiger partial charge in [-0.1, -0.05) is 21.1 Å². The molecule has 0 saturated carbocycles. The number of nitrogens with zero attached hydrogens (tertiary/aromatic N) is 5. The summed E-state index contributed by atoms with van der Waals surface area (Å²) in [6.45, 7) is 2.40. The molecule has 1 aliphatic rings. The number of aryl methyl sites for hydroxylation is 1. The predicted octanol–water partition coefficient (Wildman–Crippen LogP) is 4.53. The highest BCUT2D eigenvalue weighted by Gasteiger charge is 2.18. The summed E-state index contributed by atoms with van der Waals surface area (Å²) >= 11 is 3.42. The van der Waals surface area contributed by atoms with E-state index in [1.54, 1.807) is 6.33 Å². The van der Waals surface area contributed by atoms with Crippen LogP contribution in [-0.4, -0.2) is 43.6 Å². The van der Waals surface area contributed by atoms with Gasteiger partial charge in [-0.15, -0.1) is 0 Å². The molecule has 0 bridgehead atoms. The number of carbonyl (C=O) groups is 1. The number of halogens is 1. The number of imidazole rings is 1. The molecule has 0 radical (unpaired) electrons. The third-order valence-electron chi connectivity index (χ3n) is 5.42. The highest BCUT2D eigenvalue weighted by Crippen LogP contribution is 2.26. The first-order valence-electron chi connectivity index (χ1n) is 10.00. The average molecular weight is 466 g/mol. The number of aromatic nitrogens is 4. The Labute approximate surface area is 181 Å². The van der Waals surface area contributed by atoms with Crippen molar-refractivity contribution < 1.29 is 9.32 Å². The molecule has 7 nitrogen and oxygen atoms in total. The quantitative estimate of drug-likeness (QED) is 0.432. The number of hydrogen-bond donors (Lipinski definition) is 0. The highest BCUT2D eigenvalue weighted by molar-refractivity contribution is 9.10. The topological polar surface area (TPSA) is 77.0 Å². The van der Waals surface area contributed by atoms with Crippen LogP contribution in [0.25, 0.3) is 33.9 Å². The van der Waals surface area contributed by atoms with E-state index in [2.05, 4.69) is 31.1 Å². The fraction of sp³-hybridized carbons (Fsp3) is 0.273. The number of amides is 1. The van der Waals surface area contributed by atoms with Crippen LogP contribution in [0.1, 0.15) is 19.3 Å². The molecule has 5 rings (SSSR count). The maximum Gasteiger partial charge on any atom is 0.258 e. The van der Waals surface area contributed by atoms with Gasteiger partial charge in [0, 0.05) is 41.7 Å². The Kier molecular flexibility index (Phi) is 5.08. The lowest BCUT2D eigenvalue weighted by molar-refractivity contribution is -0.130. The Morgan fingerprint density at radius 3 is 2.63 bits per heavy atom. The number of carbonyl (C=O) groups excluding carboxylic acids is 1. The van der Waals surface area contributed by atoms with Crippen LogP contribution < -0.4 is 0 Å². The van der Waals surface area contributed by atoms with Gasteiger partial charge in [-0.2, -0.15) is 4.98 Å². The van der Waals surface area contributed by atoms with E-state index < -0.39 is 0 Å². The molecule has 2 aromatic carbocycles. The van der Waals surface area contributed by atoms with Gasteiger partial charge in [0.1, 0.15) is 0 Å². The van der Waals surface area contributed by atoms with E-state index in [1.165, 1.54) is 0 Å². The zero-order chi connectivity index (χ0) is 20.5. The second-order valence-corrected chi connectivity index (χ2v) is 8.33. The van der Waals surface area contributed by atoms with Gasteiger partial charge in [-0.05, 0) is 55.3 Å². The van der Waals surface area contributed by atoms with Crippen LogP contribution in [0.2, 0.25) is 0 Å². The standard InChI is InChI=1S/C22H20BrN5O2/c23-17-6-3-15(4-7-17)22-25-21(26-30-22)16-5-8-19-18(13-16)24-14-28(19)12-9-20(29)27-10-1-2-11-27/h3-8,13-14H,1-2,9-12H2. The van der Waals surface area contributed by atoms with Gasteiger partial charge < -0.3 is 14.0 Å². The third-order valence-corrected chi connectivity index (χ3v) is 5.95. The third kappa shape index (κ3) is 3.75. The monoisotopic (exact) mass is 465 g/mol. The van der Waals surface area contributed by atoms with Gasteiger partial charge in [0.2, 0.25) is 11.7 Å². The smallest absolute Gasteiger partial charge is 0.258 e. The molecule has 2 aromatic heterocycles. The molecule has 152 valence electrons. The molecular formula is C22H20BrN5O2. The molecular weight excluding hydrogens is 446 g/mol. The van der Waals surface area contributed by atoms with Gasteiger partial charge in [0.25, 0.3) is 5.89 Å². The molecule has 30 heavy (non-hydrogen) atoms. The van der Waals surface area contributed by atoms with Crippen molar-refractivity contribution in [3.63, 3.8) is 0 Å². The number of hydrogen-bond acceptors (Lipinski definition) is 5. The predicted molar refractivity (Wildman–Crippen MR) is 117 cm³/mol. The summed E-state index contributed by atoms with van der Waals surface area (Å²) in [5.41, 5.74) is 3.54. The van der Waals surface area contributed by atoms with Crippen LogP contribution in [0.3, 0.4) is 0 Å². The van der Waals surface area contributed by atoms with Crippen molar-refractivity contribution in [2.45, 2.75) is 25.8 Å². The Bertz CT molecular complexity index is 1190. The molecule has 0 spiro atoms. The zero-order valence-corrected chi connectivity index (χ0v) is 17.9. The molecule has 4 aromatic rings. The van der Waals surface area contributed by atoms with E-state index in [0.717, 1.165) is 52.6 Å². The lowest BCUT2D eigenvalue weighted by Crippen LogP contribution is -2.28. The van der Waals surface area contributed by atoms with E-state index in [9.17, 15) is 4.79 Å². The number of likely N-dealkylation sites (tertiary alicyclic amines) is 1. The Hall–Kier alpha value is -3.00. The van der Waals surface area contributed by atoms with Gasteiger partial charge in [0.15, 0.2) is 0 Å². The van der Waals surface area contributed by atoms with Crippen molar-refractivity contribution in [3.05, 3.63) is 53.3 Å². The lowest BCUT2D eigenvalue weighted by atomic mass is 10.2. The fourth-order valence-electron chi connectivity index (χ4n) is 3.77. The summed E-state index contributed by atoms with van der Waals surface area (Å²) in [6, 6.07) is 13.6. The SMILES string of the molecule is O=C(CCn1cnc2cc(-c3noc(-c4ccc(Br)cc4)n3)ccc21)N1CCCC1. The second kappa shape index (κ2) is 8.02. The minimum absolute atomic E-state index is 0.221. The summed E-state index contributed by atoms with van der Waals surface area (Å²) in [4.78, 5) is 23.3. The molecule has 0 atom stereocenters. The van der Waals surface area contributed by atoms with Crippen molar-refractivity contribution in [1.29, 1.82) is 0 Å². The van der Waals surface area contributed by atoms with Crippen LogP contribution >= 0.6 is 15.9 Å². The van der Waals surface area contributed by atoms with Crippen LogP contribution in [0.5, 0.6) is 0 Å². The van der Waals surface area contributed by atoms with Crippen LogP contribution in [0, 0.1) is 0 Å². The second-order valence-electron chi connectivity index (χ2n) is 7.41. The van der Waals surface area contributed by atoms with Gasteiger partial charge in [-0.3, -0.25) is 4.79 Å². The Balaban J connectivity index is 1.33.